The van der Waals surface area contributed by atoms with Crippen LogP contribution in [0, 0.1) is 11.3 Å². The zero-order valence-corrected chi connectivity index (χ0v) is 18.2. The number of methoxy groups -OCH3 is 1. The molecule has 0 fully saturated rings. The van der Waals surface area contributed by atoms with Crippen LogP contribution in [-0.2, 0) is 6.54 Å². The van der Waals surface area contributed by atoms with Crippen LogP contribution >= 0.6 is 11.6 Å². The van der Waals surface area contributed by atoms with Crippen LogP contribution in [0.2, 0.25) is 5.02 Å². The maximum absolute atomic E-state index is 11.7. The highest BCUT2D eigenvalue weighted by atomic mass is 35.5. The molecule has 33 heavy (non-hydrogen) atoms. The number of hydrogen-bond acceptors (Lipinski definition) is 6. The zero-order chi connectivity index (χ0) is 23.4. The zero-order valence-electron chi connectivity index (χ0n) is 17.4. The highest BCUT2D eigenvalue weighted by molar-refractivity contribution is 6.33. The molecule has 0 saturated carbocycles. The van der Waals surface area contributed by atoms with Gasteiger partial charge in [0.15, 0.2) is 0 Å². The molecule has 0 aliphatic heterocycles. The SMILES string of the molecule is COc1ccc(Cn2nnc(C(=O)O)c2Oc2ccc(-c3ccc(C#N)cc3)c(Cl)c2)cc1. The van der Waals surface area contributed by atoms with Gasteiger partial charge in [0.25, 0.3) is 5.88 Å². The van der Waals surface area contributed by atoms with E-state index < -0.39 is 5.97 Å². The van der Waals surface area contributed by atoms with Crippen LogP contribution in [0.4, 0.5) is 0 Å². The predicted molar refractivity (Wildman–Crippen MR) is 121 cm³/mol. The molecule has 1 aromatic heterocycles. The van der Waals surface area contributed by atoms with Gasteiger partial charge in [-0.2, -0.15) is 5.26 Å². The van der Waals surface area contributed by atoms with Gasteiger partial charge in [-0.1, -0.05) is 41.1 Å². The number of carboxylic acid groups (broad SMARTS) is 1. The first-order valence-corrected chi connectivity index (χ1v) is 10.1. The summed E-state index contributed by atoms with van der Waals surface area (Å²) >= 11 is 6.47. The average molecular weight is 461 g/mol. The molecule has 4 aromatic rings. The lowest BCUT2D eigenvalue weighted by atomic mass is 10.0. The van der Waals surface area contributed by atoms with Crippen molar-refractivity contribution in [2.45, 2.75) is 6.54 Å². The van der Waals surface area contributed by atoms with Gasteiger partial charge in [0.1, 0.15) is 11.5 Å². The lowest BCUT2D eigenvalue weighted by Gasteiger charge is -2.11. The van der Waals surface area contributed by atoms with Crippen molar-refractivity contribution in [1.82, 2.24) is 15.0 Å². The fourth-order valence-corrected chi connectivity index (χ4v) is 3.46. The molecule has 0 spiro atoms. The van der Waals surface area contributed by atoms with Crippen LogP contribution in [0.1, 0.15) is 21.6 Å². The van der Waals surface area contributed by atoms with Crippen LogP contribution in [-0.4, -0.2) is 33.2 Å². The summed E-state index contributed by atoms with van der Waals surface area (Å²) < 4.78 is 12.4. The van der Waals surface area contributed by atoms with Crippen LogP contribution < -0.4 is 9.47 Å². The molecule has 0 unspecified atom stereocenters. The van der Waals surface area contributed by atoms with E-state index in [0.29, 0.717) is 22.1 Å². The van der Waals surface area contributed by atoms with E-state index in [-0.39, 0.29) is 18.1 Å². The number of nitrogens with zero attached hydrogens (tertiary/aromatic N) is 4. The summed E-state index contributed by atoms with van der Waals surface area (Å²) in [6, 6.07) is 21.4. The molecule has 1 N–H and O–H groups in total. The van der Waals surface area contributed by atoms with Crippen molar-refractivity contribution >= 4 is 17.6 Å². The minimum atomic E-state index is -1.26. The van der Waals surface area contributed by atoms with E-state index in [0.717, 1.165) is 16.7 Å². The third-order valence-corrected chi connectivity index (χ3v) is 5.18. The first kappa shape index (κ1) is 21.9. The minimum Gasteiger partial charge on any atom is -0.497 e. The standard InChI is InChI=1S/C24H17ClN4O4/c1-32-18-8-4-16(5-9-18)14-29-23(22(24(30)31)27-28-29)33-19-10-11-20(21(25)12-19)17-6-2-15(13-26)3-7-17/h2-12H,14H2,1H3,(H,30,31). The molecule has 1 heterocycles. The molecule has 0 bridgehead atoms. The van der Waals surface area contributed by atoms with E-state index in [9.17, 15) is 9.90 Å². The molecule has 4 rings (SSSR count). The number of carboxylic acids is 1. The third kappa shape index (κ3) is 4.79. The van der Waals surface area contributed by atoms with Crippen molar-refractivity contribution in [2.75, 3.05) is 7.11 Å². The number of ether oxygens (including phenoxy) is 2. The molecule has 9 heteroatoms. The Morgan fingerprint density at radius 1 is 1.09 bits per heavy atom. The van der Waals surface area contributed by atoms with E-state index in [1.165, 1.54) is 4.68 Å². The Balaban J connectivity index is 1.62. The Labute approximate surface area is 194 Å². The Kier molecular flexibility index (Phi) is 6.24. The van der Waals surface area contributed by atoms with Crippen molar-refractivity contribution in [3.63, 3.8) is 0 Å². The highest BCUT2D eigenvalue weighted by Gasteiger charge is 2.22. The van der Waals surface area contributed by atoms with Gasteiger partial charge in [-0.3, -0.25) is 0 Å². The summed E-state index contributed by atoms with van der Waals surface area (Å²) in [5, 5.41) is 26.6. The van der Waals surface area contributed by atoms with Gasteiger partial charge in [-0.15, -0.1) is 5.10 Å². The fraction of sp³-hybridized carbons (Fsp3) is 0.0833. The van der Waals surface area contributed by atoms with Gasteiger partial charge in [-0.25, -0.2) is 9.48 Å². The van der Waals surface area contributed by atoms with Crippen LogP contribution in [0.25, 0.3) is 11.1 Å². The summed E-state index contributed by atoms with van der Waals surface area (Å²) in [6.45, 7) is 0.247. The van der Waals surface area contributed by atoms with E-state index in [4.69, 9.17) is 26.3 Å². The Morgan fingerprint density at radius 2 is 1.79 bits per heavy atom. The normalized spacial score (nSPS) is 10.5. The predicted octanol–water partition coefficient (Wildman–Crippen LogP) is 5.02. The summed E-state index contributed by atoms with van der Waals surface area (Å²) in [6.07, 6.45) is 0. The molecule has 164 valence electrons. The summed E-state index contributed by atoms with van der Waals surface area (Å²) in [7, 11) is 1.58. The van der Waals surface area contributed by atoms with Crippen molar-refractivity contribution in [3.05, 3.63) is 88.6 Å². The Bertz CT molecular complexity index is 1340. The Hall–Kier alpha value is -4.35. The van der Waals surface area contributed by atoms with E-state index in [2.05, 4.69) is 16.4 Å². The monoisotopic (exact) mass is 460 g/mol. The smallest absolute Gasteiger partial charge is 0.362 e. The second kappa shape index (κ2) is 9.42. The number of rotatable bonds is 7. The maximum atomic E-state index is 11.7. The summed E-state index contributed by atoms with van der Waals surface area (Å²) in [5.74, 6) is -0.234. The molecule has 0 radical (unpaired) electrons. The molecule has 0 amide bonds. The van der Waals surface area contributed by atoms with Gasteiger partial charge >= 0.3 is 5.97 Å². The molecule has 0 aliphatic carbocycles. The number of aromatic nitrogens is 3. The number of hydrogen-bond donors (Lipinski definition) is 1. The number of aromatic carboxylic acids is 1. The van der Waals surface area contributed by atoms with Crippen LogP contribution in [0.5, 0.6) is 17.4 Å². The maximum Gasteiger partial charge on any atom is 0.362 e. The van der Waals surface area contributed by atoms with Gasteiger partial charge in [0, 0.05) is 11.6 Å². The first-order valence-electron chi connectivity index (χ1n) is 9.76. The largest absolute Gasteiger partial charge is 0.497 e. The lowest BCUT2D eigenvalue weighted by molar-refractivity contribution is 0.0687. The van der Waals surface area contributed by atoms with Gasteiger partial charge in [0.2, 0.25) is 5.69 Å². The van der Waals surface area contributed by atoms with Crippen molar-refractivity contribution in [3.8, 4) is 34.6 Å². The van der Waals surface area contributed by atoms with E-state index >= 15 is 0 Å². The molecular weight excluding hydrogens is 444 g/mol. The third-order valence-electron chi connectivity index (χ3n) is 4.86. The van der Waals surface area contributed by atoms with Gasteiger partial charge in [0.05, 0.1) is 30.3 Å². The number of halogens is 1. The molecule has 0 saturated heterocycles. The van der Waals surface area contributed by atoms with Crippen molar-refractivity contribution < 1.29 is 19.4 Å². The number of benzene rings is 3. The summed E-state index contributed by atoms with van der Waals surface area (Å²) in [5.41, 5.74) is 2.68. The second-order valence-corrected chi connectivity index (χ2v) is 7.39. The molecule has 8 nitrogen and oxygen atoms in total. The quantitative estimate of drug-likeness (QED) is 0.412. The van der Waals surface area contributed by atoms with Crippen LogP contribution in [0.15, 0.2) is 66.7 Å². The Morgan fingerprint density at radius 3 is 2.39 bits per heavy atom. The van der Waals surface area contributed by atoms with Crippen LogP contribution in [0.3, 0.4) is 0 Å². The average Bonchev–Trinajstić information content (AvgIpc) is 3.22. The van der Waals surface area contributed by atoms with Gasteiger partial charge < -0.3 is 14.6 Å². The molecule has 3 aromatic carbocycles. The van der Waals surface area contributed by atoms with Crippen molar-refractivity contribution in [2.24, 2.45) is 0 Å². The van der Waals surface area contributed by atoms with E-state index in [1.54, 1.807) is 61.7 Å². The highest BCUT2D eigenvalue weighted by Crippen LogP contribution is 2.34. The topological polar surface area (TPSA) is 110 Å². The van der Waals surface area contributed by atoms with Crippen molar-refractivity contribution in [1.29, 1.82) is 5.26 Å². The molecule has 0 aliphatic rings. The second-order valence-electron chi connectivity index (χ2n) is 6.99. The number of carbonyl (C=O) groups is 1. The molecular formula is C24H17ClN4O4. The minimum absolute atomic E-state index is 0.0134. The van der Waals surface area contributed by atoms with E-state index in [1.807, 2.05) is 12.1 Å². The fourth-order valence-electron chi connectivity index (χ4n) is 3.18. The molecule has 0 atom stereocenters. The van der Waals surface area contributed by atoms with Gasteiger partial charge in [-0.05, 0) is 47.5 Å². The number of nitriles is 1. The lowest BCUT2D eigenvalue weighted by Crippen LogP contribution is -2.06. The summed E-state index contributed by atoms with van der Waals surface area (Å²) in [4.78, 5) is 11.7. The first-order chi connectivity index (χ1) is 16.0.